The van der Waals surface area contributed by atoms with Gasteiger partial charge in [0.05, 0.1) is 12.8 Å². The zero-order chi connectivity index (χ0) is 13.4. The van der Waals surface area contributed by atoms with E-state index in [4.69, 9.17) is 14.9 Å². The molecule has 0 radical (unpaired) electrons. The standard InChI is InChI=1S/C15H14N2O2/c1-9-3-5-14-12(7-9)17-15(19-14)10-4-6-13(18-2)11(16)8-10/h3-8H,16H2,1-2H3. The number of anilines is 1. The highest BCUT2D eigenvalue weighted by Crippen LogP contribution is 2.30. The molecule has 0 bridgehead atoms. The van der Waals surface area contributed by atoms with E-state index in [2.05, 4.69) is 4.98 Å². The first-order valence-corrected chi connectivity index (χ1v) is 5.98. The maximum atomic E-state index is 5.89. The molecule has 1 heterocycles. The molecule has 19 heavy (non-hydrogen) atoms. The highest BCUT2D eigenvalue weighted by Gasteiger charge is 2.10. The Labute approximate surface area is 110 Å². The molecule has 1 aromatic heterocycles. The van der Waals surface area contributed by atoms with Gasteiger partial charge in [0.2, 0.25) is 5.89 Å². The molecule has 0 saturated carbocycles. The third-order valence-electron chi connectivity index (χ3n) is 3.02. The summed E-state index contributed by atoms with van der Waals surface area (Å²) < 4.78 is 10.9. The zero-order valence-corrected chi connectivity index (χ0v) is 10.8. The minimum atomic E-state index is 0.565. The van der Waals surface area contributed by atoms with Crippen molar-refractivity contribution in [2.45, 2.75) is 6.92 Å². The number of ether oxygens (including phenoxy) is 1. The third kappa shape index (κ3) is 2.01. The van der Waals surface area contributed by atoms with Gasteiger partial charge in [0.15, 0.2) is 5.58 Å². The molecule has 0 saturated heterocycles. The highest BCUT2D eigenvalue weighted by molar-refractivity contribution is 5.77. The lowest BCUT2D eigenvalue weighted by Crippen LogP contribution is -1.92. The minimum absolute atomic E-state index is 0.565. The first kappa shape index (κ1) is 11.6. The van der Waals surface area contributed by atoms with Gasteiger partial charge >= 0.3 is 0 Å². The average molecular weight is 254 g/mol. The van der Waals surface area contributed by atoms with Gasteiger partial charge in [-0.3, -0.25) is 0 Å². The number of nitrogen functional groups attached to an aromatic ring is 1. The maximum Gasteiger partial charge on any atom is 0.227 e. The van der Waals surface area contributed by atoms with Gasteiger partial charge in [0.25, 0.3) is 0 Å². The number of hydrogen-bond donors (Lipinski definition) is 1. The van der Waals surface area contributed by atoms with Gasteiger partial charge in [0, 0.05) is 5.56 Å². The summed E-state index contributed by atoms with van der Waals surface area (Å²) in [6.45, 7) is 2.03. The van der Waals surface area contributed by atoms with Crippen molar-refractivity contribution < 1.29 is 9.15 Å². The second-order valence-corrected chi connectivity index (χ2v) is 4.45. The molecule has 0 amide bonds. The molecule has 2 aromatic carbocycles. The molecule has 3 aromatic rings. The molecule has 2 N–H and O–H groups in total. The number of rotatable bonds is 2. The lowest BCUT2D eigenvalue weighted by molar-refractivity contribution is 0.417. The number of aryl methyl sites for hydroxylation is 1. The van der Waals surface area contributed by atoms with Crippen molar-refractivity contribution in [3.63, 3.8) is 0 Å². The van der Waals surface area contributed by atoms with E-state index in [1.165, 1.54) is 0 Å². The molecule has 0 atom stereocenters. The minimum Gasteiger partial charge on any atom is -0.495 e. The van der Waals surface area contributed by atoms with E-state index in [1.807, 2.05) is 37.3 Å². The second kappa shape index (κ2) is 4.31. The van der Waals surface area contributed by atoms with Crippen molar-refractivity contribution >= 4 is 16.8 Å². The van der Waals surface area contributed by atoms with Crippen LogP contribution in [0.25, 0.3) is 22.6 Å². The fourth-order valence-electron chi connectivity index (χ4n) is 2.03. The Balaban J connectivity index is 2.11. The van der Waals surface area contributed by atoms with Gasteiger partial charge in [0.1, 0.15) is 11.3 Å². The van der Waals surface area contributed by atoms with Crippen LogP contribution < -0.4 is 10.5 Å². The van der Waals surface area contributed by atoms with Gasteiger partial charge < -0.3 is 14.9 Å². The number of aromatic nitrogens is 1. The topological polar surface area (TPSA) is 61.3 Å². The van der Waals surface area contributed by atoms with Gasteiger partial charge in [-0.1, -0.05) is 6.07 Å². The highest BCUT2D eigenvalue weighted by atomic mass is 16.5. The predicted molar refractivity (Wildman–Crippen MR) is 75.1 cm³/mol. The van der Waals surface area contributed by atoms with Gasteiger partial charge in [-0.05, 0) is 42.8 Å². The molecular formula is C15H14N2O2. The maximum absolute atomic E-state index is 5.89. The molecule has 96 valence electrons. The van der Waals surface area contributed by atoms with Crippen molar-refractivity contribution in [3.05, 3.63) is 42.0 Å². The van der Waals surface area contributed by atoms with Crippen LogP contribution in [0.4, 0.5) is 5.69 Å². The number of benzene rings is 2. The summed E-state index contributed by atoms with van der Waals surface area (Å²) in [4.78, 5) is 4.48. The van der Waals surface area contributed by atoms with Crippen LogP contribution in [0.3, 0.4) is 0 Å². The molecule has 0 aliphatic rings. The number of hydrogen-bond acceptors (Lipinski definition) is 4. The Kier molecular flexibility index (Phi) is 2.63. The molecule has 0 unspecified atom stereocenters. The van der Waals surface area contributed by atoms with E-state index >= 15 is 0 Å². The van der Waals surface area contributed by atoms with Crippen LogP contribution >= 0.6 is 0 Å². The van der Waals surface area contributed by atoms with Crippen LogP contribution in [-0.4, -0.2) is 12.1 Å². The number of fused-ring (bicyclic) bond motifs is 1. The van der Waals surface area contributed by atoms with Crippen molar-refractivity contribution in [2.24, 2.45) is 0 Å². The van der Waals surface area contributed by atoms with Crippen LogP contribution in [0, 0.1) is 6.92 Å². The van der Waals surface area contributed by atoms with Gasteiger partial charge in [-0.25, -0.2) is 4.98 Å². The fourth-order valence-corrected chi connectivity index (χ4v) is 2.03. The van der Waals surface area contributed by atoms with Crippen molar-refractivity contribution in [3.8, 4) is 17.2 Å². The van der Waals surface area contributed by atoms with E-state index < -0.39 is 0 Å². The van der Waals surface area contributed by atoms with E-state index in [9.17, 15) is 0 Å². The Bertz CT molecular complexity index is 747. The summed E-state index contributed by atoms with van der Waals surface area (Å²) >= 11 is 0. The molecule has 0 aliphatic heterocycles. The van der Waals surface area contributed by atoms with Crippen LogP contribution in [-0.2, 0) is 0 Å². The summed E-state index contributed by atoms with van der Waals surface area (Å²) in [6, 6.07) is 11.4. The number of nitrogens with zero attached hydrogens (tertiary/aromatic N) is 1. The Hall–Kier alpha value is -2.49. The molecular weight excluding hydrogens is 240 g/mol. The summed E-state index contributed by atoms with van der Waals surface area (Å²) in [5, 5.41) is 0. The number of methoxy groups -OCH3 is 1. The van der Waals surface area contributed by atoms with E-state index in [-0.39, 0.29) is 0 Å². The second-order valence-electron chi connectivity index (χ2n) is 4.45. The Morgan fingerprint density at radius 3 is 2.74 bits per heavy atom. The lowest BCUT2D eigenvalue weighted by atomic mass is 10.2. The monoisotopic (exact) mass is 254 g/mol. The Morgan fingerprint density at radius 2 is 2.00 bits per heavy atom. The zero-order valence-electron chi connectivity index (χ0n) is 10.8. The fraction of sp³-hybridized carbons (Fsp3) is 0.133. The first-order valence-electron chi connectivity index (χ1n) is 5.98. The quantitative estimate of drug-likeness (QED) is 0.712. The summed E-state index contributed by atoms with van der Waals surface area (Å²) in [6.07, 6.45) is 0. The van der Waals surface area contributed by atoms with Gasteiger partial charge in [-0.2, -0.15) is 0 Å². The van der Waals surface area contributed by atoms with Gasteiger partial charge in [-0.15, -0.1) is 0 Å². The molecule has 3 rings (SSSR count). The van der Waals surface area contributed by atoms with Crippen LogP contribution in [0.1, 0.15) is 5.56 Å². The summed E-state index contributed by atoms with van der Waals surface area (Å²) in [7, 11) is 1.59. The van der Waals surface area contributed by atoms with Crippen LogP contribution in [0.2, 0.25) is 0 Å². The van der Waals surface area contributed by atoms with Crippen molar-refractivity contribution in [1.29, 1.82) is 0 Å². The molecule has 4 nitrogen and oxygen atoms in total. The molecule has 4 heteroatoms. The van der Waals surface area contributed by atoms with Crippen LogP contribution in [0.15, 0.2) is 40.8 Å². The average Bonchev–Trinajstić information content (AvgIpc) is 2.81. The predicted octanol–water partition coefficient (Wildman–Crippen LogP) is 3.39. The largest absolute Gasteiger partial charge is 0.495 e. The smallest absolute Gasteiger partial charge is 0.227 e. The third-order valence-corrected chi connectivity index (χ3v) is 3.02. The molecule has 0 fully saturated rings. The summed E-state index contributed by atoms with van der Waals surface area (Å²) in [5.74, 6) is 1.21. The van der Waals surface area contributed by atoms with E-state index in [0.29, 0.717) is 17.3 Å². The Morgan fingerprint density at radius 1 is 1.16 bits per heavy atom. The van der Waals surface area contributed by atoms with E-state index in [0.717, 1.165) is 22.2 Å². The molecule has 0 spiro atoms. The van der Waals surface area contributed by atoms with E-state index in [1.54, 1.807) is 13.2 Å². The first-order chi connectivity index (χ1) is 9.17. The summed E-state index contributed by atoms with van der Waals surface area (Å²) in [5.41, 5.74) is 10.1. The molecule has 0 aliphatic carbocycles. The number of nitrogens with two attached hydrogens (primary N) is 1. The van der Waals surface area contributed by atoms with Crippen molar-refractivity contribution in [2.75, 3.05) is 12.8 Å². The number of oxazole rings is 1. The van der Waals surface area contributed by atoms with Crippen molar-refractivity contribution in [1.82, 2.24) is 4.98 Å². The lowest BCUT2D eigenvalue weighted by Gasteiger charge is -2.04. The van der Waals surface area contributed by atoms with Crippen LogP contribution in [0.5, 0.6) is 5.75 Å². The normalized spacial score (nSPS) is 10.8. The SMILES string of the molecule is COc1ccc(-c2nc3cc(C)ccc3o2)cc1N.